The molecule has 170 valence electrons. The van der Waals surface area contributed by atoms with Gasteiger partial charge in [0.05, 0.1) is 42.0 Å². The molecule has 4 rings (SSSR count). The topological polar surface area (TPSA) is 114 Å². The smallest absolute Gasteiger partial charge is 0.227 e. The number of nitrogens with zero attached hydrogens (tertiary/aromatic N) is 7. The van der Waals surface area contributed by atoms with E-state index < -0.39 is 6.17 Å². The molecule has 0 saturated carbocycles. The SMILES string of the molecule is CN(CCO)Cc1ccc(Nc2nccc(-c3cnc(N4CCC(F)C4)c(C#N)c3)n2)cn1. The molecule has 0 aliphatic carbocycles. The molecule has 1 fully saturated rings. The summed E-state index contributed by atoms with van der Waals surface area (Å²) in [5, 5.41) is 21.7. The Balaban J connectivity index is 1.48. The van der Waals surface area contributed by atoms with Crippen LogP contribution in [0.15, 0.2) is 42.9 Å². The Morgan fingerprint density at radius 3 is 2.85 bits per heavy atom. The minimum Gasteiger partial charge on any atom is -0.395 e. The molecule has 0 bridgehead atoms. The van der Waals surface area contributed by atoms with Gasteiger partial charge < -0.3 is 15.3 Å². The average molecular weight is 449 g/mol. The third-order valence-corrected chi connectivity index (χ3v) is 5.36. The quantitative estimate of drug-likeness (QED) is 0.536. The van der Waals surface area contributed by atoms with Crippen LogP contribution in [-0.4, -0.2) is 69.4 Å². The summed E-state index contributed by atoms with van der Waals surface area (Å²) in [6.07, 6.45) is 4.54. The number of rotatable bonds is 8. The second kappa shape index (κ2) is 10.3. The van der Waals surface area contributed by atoms with Gasteiger partial charge in [-0.1, -0.05) is 0 Å². The number of hydrogen-bond donors (Lipinski definition) is 2. The van der Waals surface area contributed by atoms with Crippen LogP contribution in [0.3, 0.4) is 0 Å². The van der Waals surface area contributed by atoms with Gasteiger partial charge in [0, 0.05) is 37.6 Å². The monoisotopic (exact) mass is 448 g/mol. The molecule has 1 atom stereocenters. The molecular weight excluding hydrogens is 423 g/mol. The minimum atomic E-state index is -0.890. The van der Waals surface area contributed by atoms with Crippen molar-refractivity contribution < 1.29 is 9.50 Å². The van der Waals surface area contributed by atoms with Gasteiger partial charge in [-0.25, -0.2) is 19.3 Å². The number of aliphatic hydroxyl groups is 1. The Kier molecular flexibility index (Phi) is 7.02. The maximum absolute atomic E-state index is 13.6. The molecule has 10 heteroatoms. The molecule has 1 saturated heterocycles. The summed E-state index contributed by atoms with van der Waals surface area (Å²) in [6.45, 7) is 2.14. The van der Waals surface area contributed by atoms with E-state index in [-0.39, 0.29) is 13.2 Å². The van der Waals surface area contributed by atoms with Crippen molar-refractivity contribution in [2.45, 2.75) is 19.1 Å². The standard InChI is InChI=1S/C23H25FN8O/c1-31(8-9-33)15-20-3-2-19(13-27-20)29-23-26-6-4-21(30-23)17-10-16(11-25)22(28-12-17)32-7-5-18(24)14-32/h2-4,6,10,12-13,18,33H,5,7-9,14-15H2,1H3,(H,26,29,30). The summed E-state index contributed by atoms with van der Waals surface area (Å²) in [4.78, 5) is 21.5. The second-order valence-corrected chi connectivity index (χ2v) is 7.93. The van der Waals surface area contributed by atoms with E-state index in [2.05, 4.69) is 31.3 Å². The highest BCUT2D eigenvalue weighted by atomic mass is 19.1. The predicted octanol–water partition coefficient (Wildman–Crippen LogP) is 2.52. The van der Waals surface area contributed by atoms with Crippen molar-refractivity contribution in [3.05, 3.63) is 54.1 Å². The highest BCUT2D eigenvalue weighted by molar-refractivity contribution is 5.67. The van der Waals surface area contributed by atoms with Gasteiger partial charge in [-0.2, -0.15) is 5.26 Å². The molecule has 0 aromatic carbocycles. The number of hydrogen-bond acceptors (Lipinski definition) is 9. The van der Waals surface area contributed by atoms with Gasteiger partial charge in [-0.05, 0) is 37.7 Å². The highest BCUT2D eigenvalue weighted by Crippen LogP contribution is 2.27. The lowest BCUT2D eigenvalue weighted by molar-refractivity contribution is 0.216. The highest BCUT2D eigenvalue weighted by Gasteiger charge is 2.25. The van der Waals surface area contributed by atoms with Gasteiger partial charge in [0.1, 0.15) is 18.1 Å². The third-order valence-electron chi connectivity index (χ3n) is 5.36. The number of aliphatic hydroxyl groups excluding tert-OH is 1. The fourth-order valence-corrected chi connectivity index (χ4v) is 3.67. The number of pyridine rings is 2. The van der Waals surface area contributed by atoms with Crippen LogP contribution < -0.4 is 10.2 Å². The predicted molar refractivity (Wildman–Crippen MR) is 123 cm³/mol. The van der Waals surface area contributed by atoms with Crippen molar-refractivity contribution >= 4 is 17.5 Å². The van der Waals surface area contributed by atoms with Crippen molar-refractivity contribution in [3.8, 4) is 17.3 Å². The molecule has 1 unspecified atom stereocenters. The van der Waals surface area contributed by atoms with Gasteiger partial charge in [0.2, 0.25) is 5.95 Å². The maximum atomic E-state index is 13.6. The van der Waals surface area contributed by atoms with E-state index in [0.717, 1.165) is 11.4 Å². The van der Waals surface area contributed by atoms with Crippen LogP contribution in [0.25, 0.3) is 11.3 Å². The lowest BCUT2D eigenvalue weighted by Crippen LogP contribution is -2.22. The number of likely N-dealkylation sites (N-methyl/N-ethyl adjacent to an activating group) is 1. The Labute approximate surface area is 191 Å². The van der Waals surface area contributed by atoms with Gasteiger partial charge >= 0.3 is 0 Å². The first kappa shape index (κ1) is 22.5. The zero-order valence-corrected chi connectivity index (χ0v) is 18.3. The van der Waals surface area contributed by atoms with Crippen LogP contribution in [0.1, 0.15) is 17.7 Å². The number of nitrogens with one attached hydrogen (secondary N) is 1. The van der Waals surface area contributed by atoms with Crippen molar-refractivity contribution in [1.29, 1.82) is 5.26 Å². The first-order valence-corrected chi connectivity index (χ1v) is 10.7. The first-order chi connectivity index (χ1) is 16.1. The Morgan fingerprint density at radius 1 is 1.27 bits per heavy atom. The van der Waals surface area contributed by atoms with Gasteiger partial charge in [0.15, 0.2) is 0 Å². The summed E-state index contributed by atoms with van der Waals surface area (Å²) in [5.74, 6) is 0.895. The number of anilines is 3. The molecule has 0 spiro atoms. The molecule has 1 aliphatic heterocycles. The van der Waals surface area contributed by atoms with Gasteiger partial charge in [-0.3, -0.25) is 9.88 Å². The van der Waals surface area contributed by atoms with E-state index >= 15 is 0 Å². The van der Waals surface area contributed by atoms with Crippen molar-refractivity contribution in [2.75, 3.05) is 43.5 Å². The summed E-state index contributed by atoms with van der Waals surface area (Å²) < 4.78 is 13.6. The molecule has 0 amide bonds. The molecule has 2 N–H and O–H groups in total. The number of aromatic nitrogens is 4. The van der Waals surface area contributed by atoms with Crippen molar-refractivity contribution in [3.63, 3.8) is 0 Å². The van der Waals surface area contributed by atoms with Crippen LogP contribution in [0, 0.1) is 11.3 Å². The molecular formula is C23H25FN8O. The van der Waals surface area contributed by atoms with Crippen molar-refractivity contribution in [1.82, 2.24) is 24.8 Å². The number of alkyl halides is 1. The lowest BCUT2D eigenvalue weighted by atomic mass is 10.1. The Hall–Kier alpha value is -3.68. The third kappa shape index (κ3) is 5.58. The minimum absolute atomic E-state index is 0.105. The normalized spacial score (nSPS) is 15.6. The van der Waals surface area contributed by atoms with E-state index in [9.17, 15) is 9.65 Å². The zero-order chi connectivity index (χ0) is 23.2. The Bertz CT molecular complexity index is 1130. The molecule has 9 nitrogen and oxygen atoms in total. The van der Waals surface area contributed by atoms with E-state index in [1.165, 1.54) is 0 Å². The molecule has 33 heavy (non-hydrogen) atoms. The summed E-state index contributed by atoms with van der Waals surface area (Å²) in [6, 6.07) is 9.43. The van der Waals surface area contributed by atoms with Crippen molar-refractivity contribution in [2.24, 2.45) is 0 Å². The molecule has 1 aliphatic rings. The first-order valence-electron chi connectivity index (χ1n) is 10.7. The van der Waals surface area contributed by atoms with E-state index in [1.54, 1.807) is 35.6 Å². The average Bonchev–Trinajstić information content (AvgIpc) is 3.26. The summed E-state index contributed by atoms with van der Waals surface area (Å²) in [7, 11) is 1.92. The molecule has 0 radical (unpaired) electrons. The lowest BCUT2D eigenvalue weighted by Gasteiger charge is -2.18. The summed E-state index contributed by atoms with van der Waals surface area (Å²) >= 11 is 0. The van der Waals surface area contributed by atoms with E-state index in [4.69, 9.17) is 5.11 Å². The summed E-state index contributed by atoms with van der Waals surface area (Å²) in [5.41, 5.74) is 3.31. The van der Waals surface area contributed by atoms with Crippen LogP contribution in [0.5, 0.6) is 0 Å². The zero-order valence-electron chi connectivity index (χ0n) is 18.3. The molecule has 3 aromatic heterocycles. The van der Waals surface area contributed by atoms with Crippen LogP contribution in [0.4, 0.5) is 21.8 Å². The van der Waals surface area contributed by atoms with Gasteiger partial charge in [0.25, 0.3) is 0 Å². The van der Waals surface area contributed by atoms with Crippen LogP contribution >= 0.6 is 0 Å². The largest absolute Gasteiger partial charge is 0.395 e. The van der Waals surface area contributed by atoms with Crippen LogP contribution in [0.2, 0.25) is 0 Å². The number of nitriles is 1. The van der Waals surface area contributed by atoms with Crippen LogP contribution in [-0.2, 0) is 6.54 Å². The fourth-order valence-electron chi connectivity index (χ4n) is 3.67. The molecule has 4 heterocycles. The molecule has 3 aromatic rings. The fraction of sp³-hybridized carbons (Fsp3) is 0.348. The van der Waals surface area contributed by atoms with E-state index in [1.807, 2.05) is 24.1 Å². The Morgan fingerprint density at radius 2 is 2.15 bits per heavy atom. The van der Waals surface area contributed by atoms with Gasteiger partial charge in [-0.15, -0.1) is 0 Å². The second-order valence-electron chi connectivity index (χ2n) is 7.93. The number of halogens is 1. The van der Waals surface area contributed by atoms with E-state index in [0.29, 0.717) is 54.6 Å². The maximum Gasteiger partial charge on any atom is 0.227 e.